The highest BCUT2D eigenvalue weighted by Crippen LogP contribution is 2.21. The Labute approximate surface area is 124 Å². The molecule has 0 fully saturated rings. The zero-order chi connectivity index (χ0) is 15.4. The van der Waals surface area contributed by atoms with Crippen molar-refractivity contribution in [2.75, 3.05) is 5.32 Å². The van der Waals surface area contributed by atoms with Crippen LogP contribution in [-0.4, -0.2) is 10.8 Å². The summed E-state index contributed by atoms with van der Waals surface area (Å²) in [5.74, 6) is -0.509. The second kappa shape index (κ2) is 6.03. The number of nitriles is 1. The van der Waals surface area contributed by atoms with E-state index >= 15 is 0 Å². The average Bonchev–Trinajstić information content (AvgIpc) is 2.48. The second-order valence-corrected chi connectivity index (χ2v) is 4.50. The Hall–Kier alpha value is -2.91. The Bertz CT molecular complexity index is 751. The van der Waals surface area contributed by atoms with E-state index < -0.39 is 16.5 Å². The van der Waals surface area contributed by atoms with Crippen molar-refractivity contribution in [1.82, 2.24) is 0 Å². The van der Waals surface area contributed by atoms with E-state index in [4.69, 9.17) is 16.9 Å². The lowest BCUT2D eigenvalue weighted by Crippen LogP contribution is -2.12. The molecule has 0 spiro atoms. The van der Waals surface area contributed by atoms with Gasteiger partial charge in [-0.3, -0.25) is 14.9 Å². The third-order valence-electron chi connectivity index (χ3n) is 2.68. The fraction of sp³-hybridized carbons (Fsp3) is 0. The number of halogens is 1. The Balaban J connectivity index is 2.27. The summed E-state index contributed by atoms with van der Waals surface area (Å²) < 4.78 is 0. The summed E-state index contributed by atoms with van der Waals surface area (Å²) in [5, 5.41) is 22.8. The monoisotopic (exact) mass is 301 g/mol. The van der Waals surface area contributed by atoms with Crippen LogP contribution >= 0.6 is 11.6 Å². The van der Waals surface area contributed by atoms with E-state index in [2.05, 4.69) is 5.32 Å². The highest BCUT2D eigenvalue weighted by molar-refractivity contribution is 6.30. The van der Waals surface area contributed by atoms with E-state index in [1.54, 1.807) is 30.3 Å². The summed E-state index contributed by atoms with van der Waals surface area (Å²) in [5.41, 5.74) is 0.108. The predicted molar refractivity (Wildman–Crippen MR) is 77.2 cm³/mol. The number of amides is 1. The summed E-state index contributed by atoms with van der Waals surface area (Å²) in [6.07, 6.45) is 0. The average molecular weight is 302 g/mol. The molecule has 2 rings (SSSR count). The number of rotatable bonds is 3. The fourth-order valence-electron chi connectivity index (χ4n) is 1.65. The van der Waals surface area contributed by atoms with Crippen LogP contribution in [0.3, 0.4) is 0 Å². The summed E-state index contributed by atoms with van der Waals surface area (Å²) >= 11 is 5.74. The SMILES string of the molecule is N#Cc1ccc(C(=O)Nc2ccc(Cl)cc2)cc1[N+](=O)[O-]. The molecule has 0 saturated heterocycles. The highest BCUT2D eigenvalue weighted by atomic mass is 35.5. The maximum Gasteiger partial charge on any atom is 0.287 e. The maximum atomic E-state index is 12.0. The number of carbonyl (C=O) groups is 1. The van der Waals surface area contributed by atoms with Gasteiger partial charge in [0.1, 0.15) is 11.6 Å². The van der Waals surface area contributed by atoms with Gasteiger partial charge in [-0.2, -0.15) is 5.26 Å². The lowest BCUT2D eigenvalue weighted by Gasteiger charge is -2.05. The maximum absolute atomic E-state index is 12.0. The van der Waals surface area contributed by atoms with Gasteiger partial charge in [0.2, 0.25) is 0 Å². The first-order valence-electron chi connectivity index (χ1n) is 5.76. The van der Waals surface area contributed by atoms with Gasteiger partial charge < -0.3 is 5.32 Å². The molecule has 0 aliphatic rings. The Morgan fingerprint density at radius 3 is 2.48 bits per heavy atom. The van der Waals surface area contributed by atoms with Gasteiger partial charge in [-0.1, -0.05) is 11.6 Å². The quantitative estimate of drug-likeness (QED) is 0.694. The first-order valence-corrected chi connectivity index (χ1v) is 6.14. The second-order valence-electron chi connectivity index (χ2n) is 4.06. The van der Waals surface area contributed by atoms with Crippen LogP contribution in [-0.2, 0) is 0 Å². The molecule has 0 unspecified atom stereocenters. The van der Waals surface area contributed by atoms with E-state index in [0.29, 0.717) is 10.7 Å². The van der Waals surface area contributed by atoms with Gasteiger partial charge in [-0.15, -0.1) is 0 Å². The van der Waals surface area contributed by atoms with Crippen LogP contribution in [0.15, 0.2) is 42.5 Å². The fourth-order valence-corrected chi connectivity index (χ4v) is 1.78. The molecule has 0 radical (unpaired) electrons. The molecular weight excluding hydrogens is 294 g/mol. The molecule has 21 heavy (non-hydrogen) atoms. The number of hydrogen-bond acceptors (Lipinski definition) is 4. The van der Waals surface area contributed by atoms with Gasteiger partial charge in [0.15, 0.2) is 0 Å². The summed E-state index contributed by atoms with van der Waals surface area (Å²) in [6.45, 7) is 0. The Kier molecular flexibility index (Phi) is 4.16. The summed E-state index contributed by atoms with van der Waals surface area (Å²) in [7, 11) is 0. The molecule has 104 valence electrons. The van der Waals surface area contributed by atoms with Crippen LogP contribution in [0.5, 0.6) is 0 Å². The predicted octanol–water partition coefficient (Wildman–Crippen LogP) is 3.37. The molecule has 2 aromatic rings. The third-order valence-corrected chi connectivity index (χ3v) is 2.93. The number of nitro groups is 1. The van der Waals surface area contributed by atoms with Crippen molar-refractivity contribution in [3.8, 4) is 6.07 Å². The van der Waals surface area contributed by atoms with Gasteiger partial charge in [0.25, 0.3) is 11.6 Å². The van der Waals surface area contributed by atoms with Crippen molar-refractivity contribution >= 4 is 28.9 Å². The number of nitrogens with one attached hydrogen (secondary N) is 1. The normalized spacial score (nSPS) is 9.71. The van der Waals surface area contributed by atoms with E-state index in [0.717, 1.165) is 6.07 Å². The standard InChI is InChI=1S/C14H8ClN3O3/c15-11-3-5-12(6-4-11)17-14(19)9-1-2-10(8-16)13(7-9)18(20)21/h1-7H,(H,17,19). The first-order chi connectivity index (χ1) is 10.0. The summed E-state index contributed by atoms with van der Waals surface area (Å²) in [6, 6.07) is 11.8. The molecule has 1 amide bonds. The topological polar surface area (TPSA) is 96.0 Å². The molecule has 0 atom stereocenters. The van der Waals surface area contributed by atoms with E-state index in [1.807, 2.05) is 0 Å². The van der Waals surface area contributed by atoms with Crippen LogP contribution < -0.4 is 5.32 Å². The Morgan fingerprint density at radius 2 is 1.90 bits per heavy atom. The molecule has 2 aromatic carbocycles. The van der Waals surface area contributed by atoms with E-state index in [9.17, 15) is 14.9 Å². The minimum atomic E-state index is -0.697. The number of nitro benzene ring substituents is 1. The number of nitrogens with zero attached hydrogens (tertiary/aromatic N) is 2. The van der Waals surface area contributed by atoms with Gasteiger partial charge in [-0.05, 0) is 36.4 Å². The van der Waals surface area contributed by atoms with Crippen molar-refractivity contribution in [2.24, 2.45) is 0 Å². The number of hydrogen-bond donors (Lipinski definition) is 1. The van der Waals surface area contributed by atoms with Crippen LogP contribution in [0.25, 0.3) is 0 Å². The molecule has 7 heteroatoms. The molecular formula is C14H8ClN3O3. The summed E-state index contributed by atoms with van der Waals surface area (Å²) in [4.78, 5) is 22.2. The van der Waals surface area contributed by atoms with Gasteiger partial charge >= 0.3 is 0 Å². The minimum Gasteiger partial charge on any atom is -0.322 e. The molecule has 1 N–H and O–H groups in total. The van der Waals surface area contributed by atoms with E-state index in [-0.39, 0.29) is 11.1 Å². The molecule has 0 aliphatic heterocycles. The van der Waals surface area contributed by atoms with Crippen molar-refractivity contribution in [1.29, 1.82) is 5.26 Å². The van der Waals surface area contributed by atoms with Crippen molar-refractivity contribution in [3.63, 3.8) is 0 Å². The zero-order valence-corrected chi connectivity index (χ0v) is 11.3. The van der Waals surface area contributed by atoms with Gasteiger partial charge in [0.05, 0.1) is 4.92 Å². The Morgan fingerprint density at radius 1 is 1.24 bits per heavy atom. The smallest absolute Gasteiger partial charge is 0.287 e. The molecule has 0 aliphatic carbocycles. The zero-order valence-electron chi connectivity index (χ0n) is 10.5. The molecule has 6 nitrogen and oxygen atoms in total. The lowest BCUT2D eigenvalue weighted by molar-refractivity contribution is -0.385. The van der Waals surface area contributed by atoms with Crippen molar-refractivity contribution in [2.45, 2.75) is 0 Å². The van der Waals surface area contributed by atoms with E-state index in [1.165, 1.54) is 12.1 Å². The van der Waals surface area contributed by atoms with Crippen LogP contribution in [0.1, 0.15) is 15.9 Å². The molecule has 0 heterocycles. The first kappa shape index (κ1) is 14.5. The highest BCUT2D eigenvalue weighted by Gasteiger charge is 2.17. The van der Waals surface area contributed by atoms with Gasteiger partial charge in [-0.25, -0.2) is 0 Å². The third kappa shape index (κ3) is 3.35. The lowest BCUT2D eigenvalue weighted by atomic mass is 10.1. The molecule has 0 saturated carbocycles. The van der Waals surface area contributed by atoms with Crippen LogP contribution in [0, 0.1) is 21.4 Å². The largest absolute Gasteiger partial charge is 0.322 e. The minimum absolute atomic E-state index is 0.0932. The number of benzene rings is 2. The molecule has 0 aromatic heterocycles. The molecule has 0 bridgehead atoms. The van der Waals surface area contributed by atoms with Crippen molar-refractivity contribution in [3.05, 3.63) is 68.7 Å². The van der Waals surface area contributed by atoms with Gasteiger partial charge in [0, 0.05) is 22.3 Å². The van der Waals surface area contributed by atoms with Crippen molar-refractivity contribution < 1.29 is 9.72 Å². The number of carbonyl (C=O) groups excluding carboxylic acids is 1. The van der Waals surface area contributed by atoms with Crippen LogP contribution in [0.2, 0.25) is 5.02 Å². The number of anilines is 1. The van der Waals surface area contributed by atoms with Crippen LogP contribution in [0.4, 0.5) is 11.4 Å².